The summed E-state index contributed by atoms with van der Waals surface area (Å²) in [7, 11) is 3.06. The van der Waals surface area contributed by atoms with E-state index in [1.54, 1.807) is 7.05 Å². The normalized spacial score (nSPS) is 12.7. The molecular formula is C11H19N3O3. The van der Waals surface area contributed by atoms with E-state index < -0.39 is 0 Å². The Morgan fingerprint density at radius 1 is 1.41 bits per heavy atom. The van der Waals surface area contributed by atoms with Gasteiger partial charge in [-0.1, -0.05) is 6.92 Å². The van der Waals surface area contributed by atoms with Crippen molar-refractivity contribution in [3.8, 4) is 0 Å². The molecule has 0 radical (unpaired) electrons. The smallest absolute Gasteiger partial charge is 0.330 e. The van der Waals surface area contributed by atoms with Gasteiger partial charge in [-0.25, -0.2) is 4.79 Å². The molecule has 6 heteroatoms. The first-order chi connectivity index (χ1) is 8.01. The molecule has 96 valence electrons. The van der Waals surface area contributed by atoms with Crippen LogP contribution >= 0.6 is 0 Å². The average molecular weight is 241 g/mol. The van der Waals surface area contributed by atoms with Crippen molar-refractivity contribution >= 4 is 0 Å². The Bertz CT molecular complexity index is 486. The van der Waals surface area contributed by atoms with Crippen LogP contribution in [0.2, 0.25) is 0 Å². The number of hydrogen-bond acceptors (Lipinski definition) is 4. The monoisotopic (exact) mass is 241 g/mol. The first-order valence-corrected chi connectivity index (χ1v) is 5.61. The minimum atomic E-state index is -0.340. The molecule has 0 aromatic carbocycles. The highest BCUT2D eigenvalue weighted by Gasteiger charge is 2.09. The lowest BCUT2D eigenvalue weighted by atomic mass is 10.2. The van der Waals surface area contributed by atoms with Gasteiger partial charge in [0.2, 0.25) is 0 Å². The van der Waals surface area contributed by atoms with E-state index in [9.17, 15) is 9.59 Å². The van der Waals surface area contributed by atoms with Crippen LogP contribution < -0.4 is 16.6 Å². The molecule has 0 amide bonds. The Kier molecular flexibility index (Phi) is 4.65. The summed E-state index contributed by atoms with van der Waals surface area (Å²) in [6, 6.07) is -0.0306. The third-order valence-electron chi connectivity index (χ3n) is 2.81. The zero-order valence-electron chi connectivity index (χ0n) is 10.4. The topological polar surface area (TPSA) is 76.3 Å². The number of aromatic nitrogens is 2. The molecule has 1 rings (SSSR count). The Hall–Kier alpha value is -1.40. The maximum atomic E-state index is 11.8. The fourth-order valence-corrected chi connectivity index (χ4v) is 1.60. The summed E-state index contributed by atoms with van der Waals surface area (Å²) in [6.45, 7) is 2.33. The molecule has 1 aromatic rings. The fourth-order valence-electron chi connectivity index (χ4n) is 1.60. The number of hydrogen-bond donors (Lipinski definition) is 2. The van der Waals surface area contributed by atoms with Crippen molar-refractivity contribution in [3.05, 3.63) is 32.6 Å². The van der Waals surface area contributed by atoms with Gasteiger partial charge in [0.1, 0.15) is 0 Å². The Morgan fingerprint density at radius 2 is 2.06 bits per heavy atom. The Labute approximate surface area is 99.5 Å². The van der Waals surface area contributed by atoms with Crippen molar-refractivity contribution < 1.29 is 5.11 Å². The van der Waals surface area contributed by atoms with Gasteiger partial charge < -0.3 is 15.0 Å². The van der Waals surface area contributed by atoms with E-state index in [0.29, 0.717) is 12.1 Å². The summed E-state index contributed by atoms with van der Waals surface area (Å²) in [5.74, 6) is 0. The van der Waals surface area contributed by atoms with Crippen LogP contribution in [0.1, 0.15) is 18.9 Å². The van der Waals surface area contributed by atoms with Gasteiger partial charge in [0.15, 0.2) is 0 Å². The zero-order valence-corrected chi connectivity index (χ0v) is 10.4. The van der Waals surface area contributed by atoms with E-state index >= 15 is 0 Å². The summed E-state index contributed by atoms with van der Waals surface area (Å²) in [4.78, 5) is 23.2. The highest BCUT2D eigenvalue weighted by atomic mass is 16.3. The average Bonchev–Trinajstić information content (AvgIpc) is 2.33. The van der Waals surface area contributed by atoms with Crippen LogP contribution in [-0.4, -0.2) is 26.9 Å². The van der Waals surface area contributed by atoms with Crippen LogP contribution in [0, 0.1) is 0 Å². The molecule has 6 nitrogen and oxygen atoms in total. The standard InChI is InChI=1S/C11H19N3O3/c1-4-9(7-15)12-5-8-6-13(2)11(17)14(3)10(8)16/h6,9,12,15H,4-5,7H2,1-3H3. The van der Waals surface area contributed by atoms with E-state index in [1.807, 2.05) is 6.92 Å². The van der Waals surface area contributed by atoms with Crippen LogP contribution in [0.3, 0.4) is 0 Å². The SMILES string of the molecule is CCC(CO)NCc1cn(C)c(=O)n(C)c1=O. The number of nitrogens with zero attached hydrogens (tertiary/aromatic N) is 2. The maximum Gasteiger partial charge on any atom is 0.330 e. The second-order valence-electron chi connectivity index (χ2n) is 4.08. The molecule has 0 fully saturated rings. The molecule has 0 aliphatic heterocycles. The Balaban J connectivity index is 2.93. The highest BCUT2D eigenvalue weighted by Crippen LogP contribution is 1.93. The quantitative estimate of drug-likeness (QED) is 0.689. The first-order valence-electron chi connectivity index (χ1n) is 5.61. The lowest BCUT2D eigenvalue weighted by Gasteiger charge is -2.14. The van der Waals surface area contributed by atoms with Crippen molar-refractivity contribution in [1.82, 2.24) is 14.5 Å². The number of aliphatic hydroxyl groups excluding tert-OH is 1. The van der Waals surface area contributed by atoms with Gasteiger partial charge in [-0.15, -0.1) is 0 Å². The molecule has 1 atom stereocenters. The van der Waals surface area contributed by atoms with Crippen LogP contribution in [0.25, 0.3) is 0 Å². The molecule has 1 heterocycles. The van der Waals surface area contributed by atoms with Gasteiger partial charge in [0, 0.05) is 38.4 Å². The van der Waals surface area contributed by atoms with Gasteiger partial charge in [-0.3, -0.25) is 9.36 Å². The van der Waals surface area contributed by atoms with Gasteiger partial charge in [-0.2, -0.15) is 0 Å². The van der Waals surface area contributed by atoms with Crippen LogP contribution in [-0.2, 0) is 20.6 Å². The van der Waals surface area contributed by atoms with E-state index in [0.717, 1.165) is 11.0 Å². The van der Waals surface area contributed by atoms with Gasteiger partial charge >= 0.3 is 5.69 Å². The van der Waals surface area contributed by atoms with Gasteiger partial charge in [-0.05, 0) is 6.42 Å². The number of aliphatic hydroxyl groups is 1. The molecule has 0 aliphatic carbocycles. The second kappa shape index (κ2) is 5.79. The zero-order chi connectivity index (χ0) is 13.0. The molecule has 0 aliphatic rings. The van der Waals surface area contributed by atoms with Gasteiger partial charge in [0.05, 0.1) is 6.61 Å². The Morgan fingerprint density at radius 3 is 2.59 bits per heavy atom. The number of rotatable bonds is 5. The summed E-state index contributed by atoms with van der Waals surface area (Å²) < 4.78 is 2.45. The van der Waals surface area contributed by atoms with Crippen LogP contribution in [0.4, 0.5) is 0 Å². The fraction of sp³-hybridized carbons (Fsp3) is 0.636. The number of nitrogens with one attached hydrogen (secondary N) is 1. The van der Waals surface area contributed by atoms with Crippen molar-refractivity contribution in [1.29, 1.82) is 0 Å². The first kappa shape index (κ1) is 13.7. The molecule has 17 heavy (non-hydrogen) atoms. The molecule has 0 bridgehead atoms. The molecule has 0 saturated carbocycles. The maximum absolute atomic E-state index is 11.8. The lowest BCUT2D eigenvalue weighted by Crippen LogP contribution is -2.41. The summed E-state index contributed by atoms with van der Waals surface area (Å²) in [5.41, 5.74) is -0.122. The molecule has 0 spiro atoms. The second-order valence-corrected chi connectivity index (χ2v) is 4.08. The van der Waals surface area contributed by atoms with Crippen molar-refractivity contribution in [2.75, 3.05) is 6.61 Å². The third-order valence-corrected chi connectivity index (χ3v) is 2.81. The minimum Gasteiger partial charge on any atom is -0.395 e. The molecule has 1 aromatic heterocycles. The molecule has 0 saturated heterocycles. The summed E-state index contributed by atoms with van der Waals surface area (Å²) >= 11 is 0. The van der Waals surface area contributed by atoms with E-state index in [1.165, 1.54) is 17.8 Å². The minimum absolute atomic E-state index is 0.0303. The van der Waals surface area contributed by atoms with E-state index in [2.05, 4.69) is 5.32 Å². The number of aryl methyl sites for hydroxylation is 1. The molecular weight excluding hydrogens is 222 g/mol. The van der Waals surface area contributed by atoms with Crippen molar-refractivity contribution in [2.45, 2.75) is 25.9 Å². The summed E-state index contributed by atoms with van der Waals surface area (Å²) in [5, 5.41) is 12.1. The van der Waals surface area contributed by atoms with E-state index in [-0.39, 0.29) is 23.9 Å². The third kappa shape index (κ3) is 3.04. The van der Waals surface area contributed by atoms with Crippen molar-refractivity contribution in [2.24, 2.45) is 14.1 Å². The largest absolute Gasteiger partial charge is 0.395 e. The predicted molar refractivity (Wildman–Crippen MR) is 64.9 cm³/mol. The highest BCUT2D eigenvalue weighted by molar-refractivity contribution is 5.05. The predicted octanol–water partition coefficient (Wildman–Crippen LogP) is -1.06. The van der Waals surface area contributed by atoms with Gasteiger partial charge in [0.25, 0.3) is 5.56 Å². The molecule has 2 N–H and O–H groups in total. The van der Waals surface area contributed by atoms with Crippen molar-refractivity contribution in [3.63, 3.8) is 0 Å². The lowest BCUT2D eigenvalue weighted by molar-refractivity contribution is 0.238. The van der Waals surface area contributed by atoms with Crippen LogP contribution in [0.15, 0.2) is 15.8 Å². The van der Waals surface area contributed by atoms with Crippen LogP contribution in [0.5, 0.6) is 0 Å². The summed E-state index contributed by atoms with van der Waals surface area (Å²) in [6.07, 6.45) is 2.31. The van der Waals surface area contributed by atoms with E-state index in [4.69, 9.17) is 5.11 Å². The molecule has 1 unspecified atom stereocenters.